The van der Waals surface area contributed by atoms with Crippen LogP contribution >= 0.6 is 0 Å². The Balaban J connectivity index is 4.51. The second-order valence-corrected chi connectivity index (χ2v) is 14.2. The van der Waals surface area contributed by atoms with Crippen LogP contribution in [0.25, 0.3) is 0 Å². The maximum atomic E-state index is 3.73. The Morgan fingerprint density at radius 2 is 1.53 bits per heavy atom. The highest BCUT2D eigenvalue weighted by molar-refractivity contribution is 6.78. The van der Waals surface area contributed by atoms with Gasteiger partial charge in [-0.15, -0.1) is 0 Å². The fourth-order valence-corrected chi connectivity index (χ4v) is 6.70. The molecule has 0 saturated carbocycles. The minimum Gasteiger partial charge on any atom is -0.303 e. The van der Waals surface area contributed by atoms with Crippen LogP contribution in [0.2, 0.25) is 19.6 Å². The molecule has 15 heavy (non-hydrogen) atoms. The van der Waals surface area contributed by atoms with E-state index in [1.54, 1.807) is 0 Å². The van der Waals surface area contributed by atoms with E-state index in [1.165, 1.54) is 0 Å². The third kappa shape index (κ3) is 4.75. The van der Waals surface area contributed by atoms with Gasteiger partial charge in [0.15, 0.2) is 0 Å². The lowest BCUT2D eigenvalue weighted by molar-refractivity contribution is 0.484. The Bertz CT molecular complexity index is 177. The molecule has 0 saturated heterocycles. The third-order valence-electron chi connectivity index (χ3n) is 2.65. The average molecular weight is 249 g/mol. The maximum absolute atomic E-state index is 3.73. The van der Waals surface area contributed by atoms with E-state index in [-0.39, 0.29) is 0 Å². The first kappa shape index (κ1) is 15.3. The lowest BCUT2D eigenvalue weighted by Crippen LogP contribution is -2.80. The minimum absolute atomic E-state index is 1.04. The standard InChI is InChI=1S/C9H28N4Si2/c1-8-13(4)15(10-2,11-3)12-9-14(5,6)7/h10-12H,8-9H2,1-7H3. The van der Waals surface area contributed by atoms with Gasteiger partial charge in [0.2, 0.25) is 0 Å². The monoisotopic (exact) mass is 248 g/mol. The summed E-state index contributed by atoms with van der Waals surface area (Å²) in [5.74, 6) is 0. The smallest absolute Gasteiger partial charge is 0.303 e. The van der Waals surface area contributed by atoms with Crippen molar-refractivity contribution in [2.24, 2.45) is 0 Å². The lowest BCUT2D eigenvalue weighted by Gasteiger charge is -2.39. The summed E-state index contributed by atoms with van der Waals surface area (Å²) < 4.78 is 2.37. The van der Waals surface area contributed by atoms with Gasteiger partial charge in [0.25, 0.3) is 0 Å². The minimum atomic E-state index is -1.84. The van der Waals surface area contributed by atoms with Crippen LogP contribution in [0.1, 0.15) is 6.92 Å². The second-order valence-electron chi connectivity index (χ2n) is 5.14. The summed E-state index contributed by atoms with van der Waals surface area (Å²) in [5, 5.41) is 0. The van der Waals surface area contributed by atoms with Crippen molar-refractivity contribution in [1.82, 2.24) is 19.5 Å². The zero-order chi connectivity index (χ0) is 12.1. The van der Waals surface area contributed by atoms with Gasteiger partial charge in [-0.25, -0.2) is 0 Å². The topological polar surface area (TPSA) is 39.3 Å². The molecule has 3 N–H and O–H groups in total. The molecular formula is C9H28N4Si2. The van der Waals surface area contributed by atoms with Gasteiger partial charge in [-0.05, 0) is 33.9 Å². The zero-order valence-electron chi connectivity index (χ0n) is 11.4. The Labute approximate surface area is 97.1 Å². The fourth-order valence-electron chi connectivity index (χ4n) is 1.45. The molecule has 0 heterocycles. The van der Waals surface area contributed by atoms with Crippen LogP contribution in [0.15, 0.2) is 0 Å². The van der Waals surface area contributed by atoms with Crippen molar-refractivity contribution in [3.8, 4) is 0 Å². The van der Waals surface area contributed by atoms with Gasteiger partial charge in [0.05, 0.1) is 8.07 Å². The fraction of sp³-hybridized carbons (Fsp3) is 1.00. The van der Waals surface area contributed by atoms with E-state index in [2.05, 4.69) is 53.1 Å². The normalized spacial score (nSPS) is 13.6. The van der Waals surface area contributed by atoms with E-state index < -0.39 is 16.8 Å². The Morgan fingerprint density at radius 1 is 1.07 bits per heavy atom. The second kappa shape index (κ2) is 6.12. The van der Waals surface area contributed by atoms with Crippen molar-refractivity contribution in [2.45, 2.75) is 26.6 Å². The van der Waals surface area contributed by atoms with Gasteiger partial charge in [0, 0.05) is 0 Å². The molecule has 0 fully saturated rings. The Hall–Kier alpha value is 0.274. The van der Waals surface area contributed by atoms with Crippen molar-refractivity contribution in [2.75, 3.05) is 33.9 Å². The molecule has 0 spiro atoms. The number of hydrogen-bond donors (Lipinski definition) is 3. The Kier molecular flexibility index (Phi) is 6.23. The molecule has 0 aliphatic rings. The molecule has 0 bridgehead atoms. The van der Waals surface area contributed by atoms with Crippen LogP contribution in [-0.4, -0.2) is 55.2 Å². The quantitative estimate of drug-likeness (QED) is 0.566. The lowest BCUT2D eigenvalue weighted by atomic mass is 10.8. The van der Waals surface area contributed by atoms with E-state index in [9.17, 15) is 0 Å². The first-order valence-corrected chi connectivity index (χ1v) is 11.3. The summed E-state index contributed by atoms with van der Waals surface area (Å²) >= 11 is 0. The molecule has 92 valence electrons. The molecule has 0 aromatic carbocycles. The first-order valence-electron chi connectivity index (χ1n) is 5.65. The predicted octanol–water partition coefficient (Wildman–Crippen LogP) is 0.280. The van der Waals surface area contributed by atoms with Gasteiger partial charge in [-0.2, -0.15) is 0 Å². The molecular weight excluding hydrogens is 220 g/mol. The van der Waals surface area contributed by atoms with Crippen LogP contribution in [0.3, 0.4) is 0 Å². The van der Waals surface area contributed by atoms with Crippen molar-refractivity contribution in [3.63, 3.8) is 0 Å². The molecule has 0 aliphatic heterocycles. The summed E-state index contributed by atoms with van der Waals surface area (Å²) in [5.41, 5.74) is 0. The number of rotatable bonds is 7. The molecule has 0 aromatic heterocycles. The maximum Gasteiger partial charge on any atom is 0.367 e. The molecule has 0 aromatic rings. The molecule has 0 unspecified atom stereocenters. The summed E-state index contributed by atoms with van der Waals surface area (Å²) in [4.78, 5) is 10.6. The summed E-state index contributed by atoms with van der Waals surface area (Å²) in [6.07, 6.45) is 1.14. The van der Waals surface area contributed by atoms with Crippen LogP contribution in [-0.2, 0) is 0 Å². The zero-order valence-corrected chi connectivity index (χ0v) is 13.4. The summed E-state index contributed by atoms with van der Waals surface area (Å²) in [7, 11) is 3.35. The van der Waals surface area contributed by atoms with Crippen LogP contribution < -0.4 is 14.9 Å². The summed E-state index contributed by atoms with van der Waals surface area (Å²) in [6, 6.07) is 0. The molecule has 4 nitrogen and oxygen atoms in total. The van der Waals surface area contributed by atoms with Gasteiger partial charge in [-0.1, -0.05) is 26.6 Å². The van der Waals surface area contributed by atoms with E-state index in [4.69, 9.17) is 0 Å². The van der Waals surface area contributed by atoms with E-state index >= 15 is 0 Å². The highest BCUT2D eigenvalue weighted by Gasteiger charge is 2.36. The highest BCUT2D eigenvalue weighted by atomic mass is 28.4. The number of nitrogens with one attached hydrogen (secondary N) is 3. The molecule has 0 amide bonds. The summed E-state index contributed by atoms with van der Waals surface area (Å²) in [6.45, 7) is 10.4. The van der Waals surface area contributed by atoms with Crippen LogP contribution in [0.4, 0.5) is 0 Å². The van der Waals surface area contributed by atoms with Crippen molar-refractivity contribution < 1.29 is 0 Å². The van der Waals surface area contributed by atoms with Crippen LogP contribution in [0, 0.1) is 0 Å². The molecule has 0 atom stereocenters. The number of nitrogens with zero attached hydrogens (tertiary/aromatic N) is 1. The molecule has 0 aliphatic carbocycles. The highest BCUT2D eigenvalue weighted by Crippen LogP contribution is 2.01. The van der Waals surface area contributed by atoms with E-state index in [0.717, 1.165) is 12.7 Å². The van der Waals surface area contributed by atoms with Gasteiger partial charge in [-0.3, -0.25) is 4.57 Å². The molecule has 0 rings (SSSR count). The Morgan fingerprint density at radius 3 is 1.80 bits per heavy atom. The van der Waals surface area contributed by atoms with Crippen molar-refractivity contribution in [3.05, 3.63) is 0 Å². The van der Waals surface area contributed by atoms with Gasteiger partial charge < -0.3 is 14.9 Å². The first-order chi connectivity index (χ1) is 6.81. The van der Waals surface area contributed by atoms with Crippen molar-refractivity contribution in [1.29, 1.82) is 0 Å². The van der Waals surface area contributed by atoms with E-state index in [1.807, 2.05) is 14.1 Å². The van der Waals surface area contributed by atoms with Crippen LogP contribution in [0.5, 0.6) is 0 Å². The largest absolute Gasteiger partial charge is 0.367 e. The van der Waals surface area contributed by atoms with Gasteiger partial charge in [0.1, 0.15) is 0 Å². The SMILES string of the molecule is CCN(C)[Si](NC)(NC)NC[Si](C)(C)C. The average Bonchev–Trinajstić information content (AvgIpc) is 2.18. The van der Waals surface area contributed by atoms with E-state index in [0.29, 0.717) is 0 Å². The molecule has 6 heteroatoms. The predicted molar refractivity (Wildman–Crippen MR) is 73.5 cm³/mol. The van der Waals surface area contributed by atoms with Crippen molar-refractivity contribution >= 4 is 16.8 Å². The van der Waals surface area contributed by atoms with Gasteiger partial charge >= 0.3 is 8.72 Å². The number of hydrogen-bond acceptors (Lipinski definition) is 4. The molecule has 0 radical (unpaired) electrons. The third-order valence-corrected chi connectivity index (χ3v) is 7.83.